The Morgan fingerprint density at radius 1 is 1.25 bits per heavy atom. The number of ether oxygens (including phenoxy) is 1. The molecule has 1 saturated heterocycles. The third kappa shape index (κ3) is 3.15. The van der Waals surface area contributed by atoms with Crippen LogP contribution in [0.2, 0.25) is 0 Å². The fourth-order valence-electron chi connectivity index (χ4n) is 7.67. The Kier molecular flexibility index (Phi) is 5.49. The van der Waals surface area contributed by atoms with Gasteiger partial charge in [0, 0.05) is 36.8 Å². The van der Waals surface area contributed by atoms with E-state index in [1.54, 1.807) is 35.6 Å². The van der Waals surface area contributed by atoms with E-state index in [9.17, 15) is 15.0 Å². The van der Waals surface area contributed by atoms with Crippen molar-refractivity contribution in [3.63, 3.8) is 0 Å². The number of aromatic hydroxyl groups is 1. The number of aliphatic hydroxyl groups is 1. The molecule has 2 bridgehead atoms. The average Bonchev–Trinajstić information content (AvgIpc) is 3.36. The Morgan fingerprint density at radius 3 is 2.83 bits per heavy atom. The molecule has 2 aliphatic heterocycles. The molecule has 36 heavy (non-hydrogen) atoms. The largest absolute Gasteiger partial charge is 0.504 e. The summed E-state index contributed by atoms with van der Waals surface area (Å²) in [5.41, 5.74) is 1.44. The molecule has 2 saturated carbocycles. The summed E-state index contributed by atoms with van der Waals surface area (Å²) in [6, 6.07) is 5.38. The molecule has 0 radical (unpaired) electrons. The van der Waals surface area contributed by atoms with Crippen molar-refractivity contribution in [2.75, 3.05) is 20.1 Å². The van der Waals surface area contributed by atoms with Crippen LogP contribution in [0.5, 0.6) is 11.5 Å². The number of nitrogens with zero attached hydrogens (tertiary/aromatic N) is 2. The van der Waals surface area contributed by atoms with Crippen LogP contribution in [-0.2, 0) is 16.6 Å². The van der Waals surface area contributed by atoms with E-state index in [4.69, 9.17) is 9.15 Å². The Bertz CT molecular complexity index is 1210. The Labute approximate surface area is 217 Å². The lowest BCUT2D eigenvalue weighted by molar-refractivity contribution is -0.200. The molecule has 7 rings (SSSR count). The number of phenolic OH excluding ortho intramolecular Hbond substituents is 1. The lowest BCUT2D eigenvalue weighted by Gasteiger charge is -2.64. The minimum absolute atomic E-state index is 0. The highest BCUT2D eigenvalue weighted by atomic mass is 35.5. The molecule has 8 heteroatoms. The highest BCUT2D eigenvalue weighted by Crippen LogP contribution is 2.66. The maximum absolute atomic E-state index is 13.2. The van der Waals surface area contributed by atoms with E-state index in [2.05, 4.69) is 4.90 Å². The lowest BCUT2D eigenvalue weighted by atomic mass is 9.48. The van der Waals surface area contributed by atoms with Gasteiger partial charge in [0.1, 0.15) is 6.10 Å². The van der Waals surface area contributed by atoms with E-state index in [1.807, 2.05) is 19.2 Å². The van der Waals surface area contributed by atoms with Crippen LogP contribution in [0, 0.1) is 5.92 Å². The number of carbonyl (C=O) groups excluding carboxylic acids is 1. The molecule has 2 aromatic rings. The number of amides is 1. The van der Waals surface area contributed by atoms with Crippen LogP contribution in [0.3, 0.4) is 0 Å². The zero-order valence-corrected chi connectivity index (χ0v) is 21.2. The highest BCUT2D eigenvalue weighted by Gasteiger charge is 2.73. The minimum atomic E-state index is -0.941. The van der Waals surface area contributed by atoms with Crippen molar-refractivity contribution >= 4 is 24.4 Å². The standard InChI is InChI=1S/C28H32N2O5.ClH/c1-29(23(32)7-4-18-9-13-34-16-18)20-8-10-28(33)22-14-19-5-6-21(31)25-24(19)27(28,26(20)35-25)11-12-30(22)15-17-2-3-17;/h4-7,9,13,16-17,20,22,26,31,33H,2-3,8,10-12,14-15H2,1H3;1H/t20-,22-,26+,27+,28-;/m1./s1. The van der Waals surface area contributed by atoms with Crippen molar-refractivity contribution < 1.29 is 24.2 Å². The van der Waals surface area contributed by atoms with Gasteiger partial charge in [-0.25, -0.2) is 0 Å². The van der Waals surface area contributed by atoms with Crippen LogP contribution in [0.15, 0.2) is 41.2 Å². The first kappa shape index (κ1) is 23.9. The van der Waals surface area contributed by atoms with E-state index >= 15 is 0 Å². The number of likely N-dealkylation sites (N-methyl/N-ethyl adjacent to an activating group) is 1. The molecule has 3 aliphatic carbocycles. The van der Waals surface area contributed by atoms with Gasteiger partial charge in [-0.15, -0.1) is 12.4 Å². The van der Waals surface area contributed by atoms with Gasteiger partial charge in [0.2, 0.25) is 5.91 Å². The molecule has 5 atom stereocenters. The first-order valence-electron chi connectivity index (χ1n) is 12.9. The van der Waals surface area contributed by atoms with E-state index in [-0.39, 0.29) is 36.1 Å². The fraction of sp³-hybridized carbons (Fsp3) is 0.536. The first-order valence-corrected chi connectivity index (χ1v) is 12.9. The van der Waals surface area contributed by atoms with Crippen LogP contribution < -0.4 is 4.74 Å². The molecule has 1 aromatic heterocycles. The smallest absolute Gasteiger partial charge is 0.246 e. The van der Waals surface area contributed by atoms with Gasteiger partial charge in [0.15, 0.2) is 11.5 Å². The van der Waals surface area contributed by atoms with Crippen molar-refractivity contribution in [1.82, 2.24) is 9.80 Å². The summed E-state index contributed by atoms with van der Waals surface area (Å²) in [7, 11) is 1.82. The molecule has 0 unspecified atom stereocenters. The number of carbonyl (C=O) groups is 1. The SMILES string of the molecule is CN(C(=O)C=Cc1ccoc1)[C@@H]1CC[C@@]2(O)[C@H]3Cc4ccc(O)c5c4[C@@]2(CCN3CC2CC2)[C@H]1O5.Cl. The topological polar surface area (TPSA) is 86.4 Å². The van der Waals surface area contributed by atoms with Gasteiger partial charge < -0.3 is 24.3 Å². The maximum atomic E-state index is 13.2. The predicted molar refractivity (Wildman–Crippen MR) is 136 cm³/mol. The van der Waals surface area contributed by atoms with E-state index < -0.39 is 17.1 Å². The number of benzene rings is 1. The first-order chi connectivity index (χ1) is 16.9. The van der Waals surface area contributed by atoms with Gasteiger partial charge in [0.05, 0.1) is 29.6 Å². The normalized spacial score (nSPS) is 34.1. The van der Waals surface area contributed by atoms with Gasteiger partial charge in [-0.05, 0) is 74.8 Å². The summed E-state index contributed by atoms with van der Waals surface area (Å²) < 4.78 is 11.7. The van der Waals surface area contributed by atoms with E-state index in [0.717, 1.165) is 43.0 Å². The van der Waals surface area contributed by atoms with Gasteiger partial charge in [0.25, 0.3) is 0 Å². The molecule has 2 N–H and O–H groups in total. The van der Waals surface area contributed by atoms with Gasteiger partial charge in [-0.2, -0.15) is 0 Å². The van der Waals surface area contributed by atoms with Crippen LogP contribution in [-0.4, -0.2) is 69.8 Å². The quantitative estimate of drug-likeness (QED) is 0.596. The number of hydrogen-bond acceptors (Lipinski definition) is 6. The number of piperidine rings is 1. The van der Waals surface area contributed by atoms with E-state index in [1.165, 1.54) is 18.4 Å². The zero-order chi connectivity index (χ0) is 23.9. The van der Waals surface area contributed by atoms with E-state index in [0.29, 0.717) is 18.6 Å². The molecule has 192 valence electrons. The number of likely N-dealkylation sites (tertiary alicyclic amines) is 1. The molecule has 5 aliphatic rings. The average molecular weight is 513 g/mol. The number of phenols is 1. The van der Waals surface area contributed by atoms with Crippen molar-refractivity contribution in [1.29, 1.82) is 0 Å². The van der Waals surface area contributed by atoms with Crippen LogP contribution in [0.4, 0.5) is 0 Å². The van der Waals surface area contributed by atoms with Crippen molar-refractivity contribution in [3.8, 4) is 11.5 Å². The molecule has 3 fully saturated rings. The van der Waals surface area contributed by atoms with Crippen LogP contribution >= 0.6 is 12.4 Å². The second-order valence-corrected chi connectivity index (χ2v) is 11.2. The van der Waals surface area contributed by atoms with Gasteiger partial charge >= 0.3 is 0 Å². The Hall–Kier alpha value is -2.48. The Balaban J connectivity index is 0.00000240. The van der Waals surface area contributed by atoms with Crippen LogP contribution in [0.25, 0.3) is 6.08 Å². The fourth-order valence-corrected chi connectivity index (χ4v) is 7.67. The van der Waals surface area contributed by atoms with Crippen molar-refractivity contribution in [2.45, 2.75) is 67.7 Å². The summed E-state index contributed by atoms with van der Waals surface area (Å²) in [4.78, 5) is 17.5. The minimum Gasteiger partial charge on any atom is -0.504 e. The zero-order valence-electron chi connectivity index (χ0n) is 20.4. The monoisotopic (exact) mass is 512 g/mol. The second-order valence-electron chi connectivity index (χ2n) is 11.2. The van der Waals surface area contributed by atoms with Gasteiger partial charge in [-0.3, -0.25) is 9.69 Å². The summed E-state index contributed by atoms with van der Waals surface area (Å²) >= 11 is 0. The van der Waals surface area contributed by atoms with Gasteiger partial charge in [-0.1, -0.05) is 6.07 Å². The van der Waals surface area contributed by atoms with Crippen molar-refractivity contribution in [3.05, 3.63) is 53.5 Å². The number of furan rings is 1. The molecule has 7 nitrogen and oxygen atoms in total. The molecular weight excluding hydrogens is 480 g/mol. The number of halogens is 1. The molecular formula is C28H33ClN2O5. The summed E-state index contributed by atoms with van der Waals surface area (Å²) in [6.45, 7) is 1.96. The lowest BCUT2D eigenvalue weighted by Crippen LogP contribution is -2.78. The number of rotatable bonds is 5. The number of hydrogen-bond donors (Lipinski definition) is 2. The molecule has 1 amide bonds. The van der Waals surface area contributed by atoms with Crippen LogP contribution in [0.1, 0.15) is 48.8 Å². The summed E-state index contributed by atoms with van der Waals surface area (Å²) in [5, 5.41) is 23.3. The second kappa shape index (κ2) is 8.27. The maximum Gasteiger partial charge on any atom is 0.246 e. The summed E-state index contributed by atoms with van der Waals surface area (Å²) in [6.07, 6.45) is 11.5. The predicted octanol–water partition coefficient (Wildman–Crippen LogP) is 3.51. The highest BCUT2D eigenvalue weighted by molar-refractivity contribution is 5.92. The third-order valence-corrected chi connectivity index (χ3v) is 9.54. The molecule has 1 aromatic carbocycles. The third-order valence-electron chi connectivity index (χ3n) is 9.54. The summed E-state index contributed by atoms with van der Waals surface area (Å²) in [5.74, 6) is 1.28. The Morgan fingerprint density at radius 2 is 2.08 bits per heavy atom. The molecule has 1 spiro atoms. The van der Waals surface area contributed by atoms with Crippen molar-refractivity contribution in [2.24, 2.45) is 5.92 Å². The molecule has 3 heterocycles.